The lowest BCUT2D eigenvalue weighted by atomic mass is 10.2. The molecule has 4 nitrogen and oxygen atoms in total. The number of ether oxygens (including phenoxy) is 1. The molecule has 0 spiro atoms. The fraction of sp³-hybridized carbons (Fsp3) is 0.462. The third-order valence-corrected chi connectivity index (χ3v) is 2.29. The van der Waals surface area contributed by atoms with Crippen LogP contribution < -0.4 is 15.4 Å². The van der Waals surface area contributed by atoms with E-state index in [1.165, 1.54) is 12.1 Å². The molecule has 1 rings (SSSR count). The van der Waals surface area contributed by atoms with Gasteiger partial charge < -0.3 is 15.4 Å². The van der Waals surface area contributed by atoms with Crippen molar-refractivity contribution in [3.8, 4) is 5.75 Å². The fourth-order valence-corrected chi connectivity index (χ4v) is 1.53. The van der Waals surface area contributed by atoms with Crippen molar-refractivity contribution in [1.29, 1.82) is 0 Å². The minimum absolute atomic E-state index is 0.0988. The quantitative estimate of drug-likeness (QED) is 0.647. The van der Waals surface area contributed by atoms with E-state index in [4.69, 9.17) is 0 Å². The van der Waals surface area contributed by atoms with Crippen molar-refractivity contribution < 1.29 is 17.9 Å². The lowest BCUT2D eigenvalue weighted by Gasteiger charge is -2.13. The number of guanidine groups is 1. The Morgan fingerprint density at radius 1 is 1.15 bits per heavy atom. The third kappa shape index (κ3) is 5.81. The van der Waals surface area contributed by atoms with Crippen LogP contribution in [0.5, 0.6) is 5.75 Å². The smallest absolute Gasteiger partial charge is 0.405 e. The van der Waals surface area contributed by atoms with Crippen molar-refractivity contribution in [3.63, 3.8) is 0 Å². The van der Waals surface area contributed by atoms with Crippen molar-refractivity contribution in [3.05, 3.63) is 29.8 Å². The molecule has 1 aromatic carbocycles. The SMILES string of the molecule is CCNC(=NCc1ccccc1OC(F)(F)F)NCC. The zero-order valence-corrected chi connectivity index (χ0v) is 11.4. The number of halogens is 3. The minimum atomic E-state index is -4.70. The van der Waals surface area contributed by atoms with Gasteiger partial charge in [-0.1, -0.05) is 18.2 Å². The molecule has 7 heteroatoms. The van der Waals surface area contributed by atoms with Gasteiger partial charge in [0.1, 0.15) is 5.75 Å². The zero-order valence-electron chi connectivity index (χ0n) is 11.4. The first-order valence-electron chi connectivity index (χ1n) is 6.32. The van der Waals surface area contributed by atoms with E-state index in [0.29, 0.717) is 24.6 Å². The van der Waals surface area contributed by atoms with Crippen molar-refractivity contribution in [2.24, 2.45) is 4.99 Å². The molecule has 0 aliphatic carbocycles. The van der Waals surface area contributed by atoms with Crippen LogP contribution in [0.25, 0.3) is 0 Å². The van der Waals surface area contributed by atoms with E-state index >= 15 is 0 Å². The summed E-state index contributed by atoms with van der Waals surface area (Å²) in [4.78, 5) is 4.21. The van der Waals surface area contributed by atoms with E-state index in [1.807, 2.05) is 13.8 Å². The topological polar surface area (TPSA) is 45.7 Å². The van der Waals surface area contributed by atoms with E-state index in [1.54, 1.807) is 12.1 Å². The Kier molecular flexibility index (Phi) is 6.14. The number of hydrogen-bond donors (Lipinski definition) is 2. The largest absolute Gasteiger partial charge is 0.573 e. The molecule has 0 aromatic heterocycles. The van der Waals surface area contributed by atoms with Crippen LogP contribution in [-0.2, 0) is 6.54 Å². The van der Waals surface area contributed by atoms with Crippen LogP contribution in [0.1, 0.15) is 19.4 Å². The second kappa shape index (κ2) is 7.62. The first-order valence-corrected chi connectivity index (χ1v) is 6.32. The summed E-state index contributed by atoms with van der Waals surface area (Å²) in [5, 5.41) is 5.99. The summed E-state index contributed by atoms with van der Waals surface area (Å²) in [5.74, 6) is 0.327. The van der Waals surface area contributed by atoms with Gasteiger partial charge in [0.25, 0.3) is 0 Å². The Bertz CT molecular complexity index is 439. The third-order valence-electron chi connectivity index (χ3n) is 2.29. The maximum absolute atomic E-state index is 12.3. The summed E-state index contributed by atoms with van der Waals surface area (Å²) in [6.45, 7) is 5.27. The first-order chi connectivity index (χ1) is 9.46. The number of aliphatic imine (C=N–C) groups is 1. The molecule has 2 N–H and O–H groups in total. The molecule has 0 heterocycles. The van der Waals surface area contributed by atoms with Crippen molar-refractivity contribution in [2.45, 2.75) is 26.8 Å². The number of para-hydroxylation sites is 1. The van der Waals surface area contributed by atoms with Gasteiger partial charge in [-0.05, 0) is 19.9 Å². The van der Waals surface area contributed by atoms with E-state index in [2.05, 4.69) is 20.4 Å². The van der Waals surface area contributed by atoms with Crippen LogP contribution in [-0.4, -0.2) is 25.4 Å². The fourth-order valence-electron chi connectivity index (χ4n) is 1.53. The van der Waals surface area contributed by atoms with Gasteiger partial charge in [0.05, 0.1) is 6.54 Å². The number of benzene rings is 1. The van der Waals surface area contributed by atoms with Crippen LogP contribution in [0.2, 0.25) is 0 Å². The molecule has 112 valence electrons. The van der Waals surface area contributed by atoms with Gasteiger partial charge in [0.15, 0.2) is 5.96 Å². The van der Waals surface area contributed by atoms with Crippen LogP contribution in [0.4, 0.5) is 13.2 Å². The molecular formula is C13H18F3N3O. The van der Waals surface area contributed by atoms with Crippen LogP contribution in [0.15, 0.2) is 29.3 Å². The minimum Gasteiger partial charge on any atom is -0.405 e. The Morgan fingerprint density at radius 3 is 2.30 bits per heavy atom. The lowest BCUT2D eigenvalue weighted by Crippen LogP contribution is -2.37. The molecule has 20 heavy (non-hydrogen) atoms. The second-order valence-electron chi connectivity index (χ2n) is 3.88. The molecule has 0 amide bonds. The molecule has 0 aliphatic rings. The predicted molar refractivity (Wildman–Crippen MR) is 71.6 cm³/mol. The van der Waals surface area contributed by atoms with Crippen molar-refractivity contribution >= 4 is 5.96 Å². The highest BCUT2D eigenvalue weighted by molar-refractivity contribution is 5.79. The van der Waals surface area contributed by atoms with Gasteiger partial charge in [-0.15, -0.1) is 13.2 Å². The van der Waals surface area contributed by atoms with Gasteiger partial charge in [0.2, 0.25) is 0 Å². The molecule has 0 fully saturated rings. The van der Waals surface area contributed by atoms with Gasteiger partial charge in [-0.3, -0.25) is 0 Å². The lowest BCUT2D eigenvalue weighted by molar-refractivity contribution is -0.274. The van der Waals surface area contributed by atoms with Crippen LogP contribution >= 0.6 is 0 Å². The number of rotatable bonds is 5. The highest BCUT2D eigenvalue weighted by Gasteiger charge is 2.31. The van der Waals surface area contributed by atoms with Gasteiger partial charge in [-0.25, -0.2) is 4.99 Å². The maximum Gasteiger partial charge on any atom is 0.573 e. The first kappa shape index (κ1) is 16.1. The molecule has 0 bridgehead atoms. The number of hydrogen-bond acceptors (Lipinski definition) is 2. The van der Waals surface area contributed by atoms with Gasteiger partial charge in [-0.2, -0.15) is 0 Å². The maximum atomic E-state index is 12.3. The molecule has 0 unspecified atom stereocenters. The summed E-state index contributed by atoms with van der Waals surface area (Å²) in [6.07, 6.45) is -4.70. The predicted octanol–water partition coefficient (Wildman–Crippen LogP) is 2.66. The average Bonchev–Trinajstić information content (AvgIpc) is 2.36. The molecule has 0 aliphatic heterocycles. The summed E-state index contributed by atoms with van der Waals surface area (Å²) < 4.78 is 40.8. The van der Waals surface area contributed by atoms with Crippen molar-refractivity contribution in [1.82, 2.24) is 10.6 Å². The molecule has 0 saturated heterocycles. The molecule has 0 atom stereocenters. The standard InChI is InChI=1S/C13H18F3N3O/c1-3-17-12(18-4-2)19-9-10-7-5-6-8-11(10)20-13(14,15)16/h5-8H,3-4,9H2,1-2H3,(H2,17,18,19). The summed E-state index contributed by atoms with van der Waals surface area (Å²) in [6, 6.07) is 5.97. The Morgan fingerprint density at radius 2 is 1.75 bits per heavy atom. The van der Waals surface area contributed by atoms with Crippen molar-refractivity contribution in [2.75, 3.05) is 13.1 Å². The van der Waals surface area contributed by atoms with Crippen LogP contribution in [0, 0.1) is 0 Å². The Balaban J connectivity index is 2.83. The summed E-state index contributed by atoms with van der Waals surface area (Å²) in [5.41, 5.74) is 0.373. The average molecular weight is 289 g/mol. The normalized spacial score (nSPS) is 10.8. The second-order valence-corrected chi connectivity index (χ2v) is 3.88. The van der Waals surface area contributed by atoms with Gasteiger partial charge in [0, 0.05) is 18.7 Å². The Hall–Kier alpha value is -1.92. The summed E-state index contributed by atoms with van der Waals surface area (Å²) in [7, 11) is 0. The molecule has 0 saturated carbocycles. The van der Waals surface area contributed by atoms with E-state index in [9.17, 15) is 13.2 Å². The number of nitrogens with one attached hydrogen (secondary N) is 2. The number of alkyl halides is 3. The van der Waals surface area contributed by atoms with E-state index in [-0.39, 0.29) is 12.3 Å². The molecule has 0 radical (unpaired) electrons. The highest BCUT2D eigenvalue weighted by Crippen LogP contribution is 2.26. The number of nitrogens with zero attached hydrogens (tertiary/aromatic N) is 1. The molecule has 1 aromatic rings. The Labute approximate surface area is 116 Å². The molecular weight excluding hydrogens is 271 g/mol. The van der Waals surface area contributed by atoms with E-state index in [0.717, 1.165) is 0 Å². The van der Waals surface area contributed by atoms with Crippen LogP contribution in [0.3, 0.4) is 0 Å². The van der Waals surface area contributed by atoms with Gasteiger partial charge >= 0.3 is 6.36 Å². The van der Waals surface area contributed by atoms with E-state index < -0.39 is 6.36 Å². The monoisotopic (exact) mass is 289 g/mol. The highest BCUT2D eigenvalue weighted by atomic mass is 19.4. The zero-order chi connectivity index (χ0) is 15.0. The summed E-state index contributed by atoms with van der Waals surface area (Å²) >= 11 is 0.